The molecule has 9 heteroatoms. The van der Waals surface area contributed by atoms with Gasteiger partial charge in [0.2, 0.25) is 0 Å². The predicted octanol–water partition coefficient (Wildman–Crippen LogP) is 2.59. The van der Waals surface area contributed by atoms with E-state index in [9.17, 15) is 4.79 Å². The number of carbonyl (C=O) groups is 1. The standard InChI is InChI=1S/C21H38N6O2.HI/c1-21(2,3)29-20(28)27-15-13-26(14-16-27)12-8-10-23-19(22-4)25(6)17-18-9-7-11-24(18)5;/h7,9,11H,8,10,12-17H2,1-6H3,(H,22,23);1H. The minimum atomic E-state index is -0.439. The zero-order chi connectivity index (χ0) is 21.4. The first-order valence-electron chi connectivity index (χ1n) is 10.4. The molecule has 0 saturated carbocycles. The highest BCUT2D eigenvalue weighted by molar-refractivity contribution is 14.0. The lowest BCUT2D eigenvalue weighted by Crippen LogP contribution is -2.50. The fraction of sp³-hybridized carbons (Fsp3) is 0.714. The number of nitrogens with one attached hydrogen (secondary N) is 1. The summed E-state index contributed by atoms with van der Waals surface area (Å²) in [6.07, 6.45) is 2.88. The molecular weight excluding hydrogens is 495 g/mol. The quantitative estimate of drug-likeness (QED) is 0.263. The maximum absolute atomic E-state index is 12.1. The van der Waals surface area contributed by atoms with Gasteiger partial charge in [-0.3, -0.25) is 9.89 Å². The largest absolute Gasteiger partial charge is 0.444 e. The van der Waals surface area contributed by atoms with Gasteiger partial charge in [-0.1, -0.05) is 0 Å². The van der Waals surface area contributed by atoms with Gasteiger partial charge >= 0.3 is 6.09 Å². The zero-order valence-electron chi connectivity index (χ0n) is 19.3. The van der Waals surface area contributed by atoms with E-state index in [0.29, 0.717) is 0 Å². The maximum Gasteiger partial charge on any atom is 0.410 e. The van der Waals surface area contributed by atoms with E-state index in [1.807, 2.05) is 27.8 Å². The minimum absolute atomic E-state index is 0. The molecule has 1 saturated heterocycles. The van der Waals surface area contributed by atoms with E-state index >= 15 is 0 Å². The molecule has 1 aromatic heterocycles. The Kier molecular flexibility index (Phi) is 11.0. The Balaban J connectivity index is 0.00000450. The first-order valence-corrected chi connectivity index (χ1v) is 10.4. The summed E-state index contributed by atoms with van der Waals surface area (Å²) in [5.41, 5.74) is 0.810. The lowest BCUT2D eigenvalue weighted by atomic mass is 10.2. The summed E-state index contributed by atoms with van der Waals surface area (Å²) < 4.78 is 7.58. The van der Waals surface area contributed by atoms with E-state index < -0.39 is 5.60 Å². The van der Waals surface area contributed by atoms with Crippen molar-refractivity contribution >= 4 is 36.0 Å². The lowest BCUT2D eigenvalue weighted by Gasteiger charge is -2.35. The number of halogens is 1. The molecule has 0 atom stereocenters. The Morgan fingerprint density at radius 1 is 1.27 bits per heavy atom. The van der Waals surface area contributed by atoms with Crippen molar-refractivity contribution in [3.05, 3.63) is 24.0 Å². The van der Waals surface area contributed by atoms with Crippen molar-refractivity contribution in [2.75, 3.05) is 53.4 Å². The maximum atomic E-state index is 12.1. The van der Waals surface area contributed by atoms with Crippen LogP contribution in [-0.2, 0) is 18.3 Å². The number of piperazine rings is 1. The van der Waals surface area contributed by atoms with Gasteiger partial charge < -0.3 is 24.4 Å². The smallest absolute Gasteiger partial charge is 0.410 e. The van der Waals surface area contributed by atoms with Crippen LogP contribution in [0.25, 0.3) is 0 Å². The third-order valence-electron chi connectivity index (χ3n) is 4.98. The monoisotopic (exact) mass is 534 g/mol. The van der Waals surface area contributed by atoms with Crippen LogP contribution in [0.1, 0.15) is 32.9 Å². The summed E-state index contributed by atoms with van der Waals surface area (Å²) in [5.74, 6) is 0.904. The minimum Gasteiger partial charge on any atom is -0.444 e. The second-order valence-electron chi connectivity index (χ2n) is 8.60. The molecule has 0 spiro atoms. The number of carbonyl (C=O) groups excluding carboxylic acids is 1. The summed E-state index contributed by atoms with van der Waals surface area (Å²) in [6.45, 7) is 11.6. The molecule has 30 heavy (non-hydrogen) atoms. The van der Waals surface area contributed by atoms with Crippen LogP contribution in [0.15, 0.2) is 23.3 Å². The molecule has 0 unspecified atom stereocenters. The van der Waals surface area contributed by atoms with E-state index in [2.05, 4.69) is 57.1 Å². The van der Waals surface area contributed by atoms with Crippen molar-refractivity contribution in [3.8, 4) is 0 Å². The first kappa shape index (κ1) is 26.5. The van der Waals surface area contributed by atoms with Crippen LogP contribution in [0.5, 0.6) is 0 Å². The third-order valence-corrected chi connectivity index (χ3v) is 4.98. The summed E-state index contributed by atoms with van der Waals surface area (Å²) in [7, 11) is 5.93. The summed E-state index contributed by atoms with van der Waals surface area (Å²) >= 11 is 0. The highest BCUT2D eigenvalue weighted by Gasteiger charge is 2.25. The molecule has 172 valence electrons. The molecule has 1 fully saturated rings. The number of hydrogen-bond donors (Lipinski definition) is 1. The van der Waals surface area contributed by atoms with Crippen molar-refractivity contribution in [2.45, 2.75) is 39.3 Å². The van der Waals surface area contributed by atoms with Crippen LogP contribution in [0.4, 0.5) is 4.79 Å². The number of hydrogen-bond acceptors (Lipinski definition) is 4. The Hall–Kier alpha value is -1.49. The Morgan fingerprint density at radius 2 is 1.93 bits per heavy atom. The lowest BCUT2D eigenvalue weighted by molar-refractivity contribution is 0.0145. The van der Waals surface area contributed by atoms with Crippen LogP contribution in [0.3, 0.4) is 0 Å². The van der Waals surface area contributed by atoms with Crippen molar-refractivity contribution in [3.63, 3.8) is 0 Å². The number of aryl methyl sites for hydroxylation is 1. The second kappa shape index (κ2) is 12.4. The molecule has 0 bridgehead atoms. The van der Waals surface area contributed by atoms with Crippen LogP contribution < -0.4 is 5.32 Å². The zero-order valence-corrected chi connectivity index (χ0v) is 21.7. The number of nitrogens with zero attached hydrogens (tertiary/aromatic N) is 5. The average molecular weight is 534 g/mol. The van der Waals surface area contributed by atoms with Gasteiger partial charge in [0.15, 0.2) is 5.96 Å². The van der Waals surface area contributed by atoms with Gasteiger partial charge in [-0.15, -0.1) is 24.0 Å². The summed E-state index contributed by atoms with van der Waals surface area (Å²) in [4.78, 5) is 22.9. The van der Waals surface area contributed by atoms with Gasteiger partial charge in [-0.05, 0) is 45.9 Å². The van der Waals surface area contributed by atoms with E-state index in [1.54, 1.807) is 4.90 Å². The fourth-order valence-electron chi connectivity index (χ4n) is 3.35. The summed E-state index contributed by atoms with van der Waals surface area (Å²) in [5, 5.41) is 3.45. The van der Waals surface area contributed by atoms with Crippen molar-refractivity contribution in [1.29, 1.82) is 0 Å². The van der Waals surface area contributed by atoms with Crippen LogP contribution in [0, 0.1) is 0 Å². The molecule has 1 aliphatic rings. The highest BCUT2D eigenvalue weighted by atomic mass is 127. The molecule has 1 aromatic rings. The predicted molar refractivity (Wildman–Crippen MR) is 133 cm³/mol. The van der Waals surface area contributed by atoms with Gasteiger partial charge in [-0.2, -0.15) is 0 Å². The number of ether oxygens (including phenoxy) is 1. The molecule has 1 amide bonds. The summed E-state index contributed by atoms with van der Waals surface area (Å²) in [6, 6.07) is 4.18. The number of aliphatic imine (C=N–C) groups is 1. The first-order chi connectivity index (χ1) is 13.7. The molecule has 2 rings (SSSR count). The van der Waals surface area contributed by atoms with Gasteiger partial charge in [0.25, 0.3) is 0 Å². The Morgan fingerprint density at radius 3 is 2.47 bits per heavy atom. The molecule has 0 aliphatic carbocycles. The van der Waals surface area contributed by atoms with E-state index in [4.69, 9.17) is 4.74 Å². The molecule has 2 heterocycles. The van der Waals surface area contributed by atoms with Gasteiger partial charge in [0, 0.05) is 65.8 Å². The fourth-order valence-corrected chi connectivity index (χ4v) is 3.35. The molecule has 0 radical (unpaired) electrons. The van der Waals surface area contributed by atoms with E-state index in [1.165, 1.54) is 5.69 Å². The van der Waals surface area contributed by atoms with E-state index in [-0.39, 0.29) is 30.1 Å². The third kappa shape index (κ3) is 8.71. The number of guanidine groups is 1. The second-order valence-corrected chi connectivity index (χ2v) is 8.60. The number of rotatable bonds is 6. The normalized spacial score (nSPS) is 15.5. The van der Waals surface area contributed by atoms with Gasteiger partial charge in [-0.25, -0.2) is 4.79 Å². The molecular formula is C21H39IN6O2. The molecule has 0 aromatic carbocycles. The Labute approximate surface area is 198 Å². The van der Waals surface area contributed by atoms with E-state index in [0.717, 1.165) is 58.2 Å². The van der Waals surface area contributed by atoms with Gasteiger partial charge in [0.1, 0.15) is 5.60 Å². The SMILES string of the molecule is CN=C(NCCCN1CCN(C(=O)OC(C)(C)C)CC1)N(C)Cc1cccn1C.I. The molecule has 1 N–H and O–H groups in total. The number of aromatic nitrogens is 1. The highest BCUT2D eigenvalue weighted by Crippen LogP contribution is 2.12. The number of amides is 1. The Bertz CT molecular complexity index is 677. The van der Waals surface area contributed by atoms with Crippen molar-refractivity contribution < 1.29 is 9.53 Å². The van der Waals surface area contributed by atoms with Crippen LogP contribution >= 0.6 is 24.0 Å². The molecule has 8 nitrogen and oxygen atoms in total. The van der Waals surface area contributed by atoms with Crippen LogP contribution in [-0.4, -0.2) is 90.3 Å². The average Bonchev–Trinajstić information content (AvgIpc) is 3.05. The van der Waals surface area contributed by atoms with Gasteiger partial charge in [0.05, 0.1) is 6.54 Å². The van der Waals surface area contributed by atoms with Crippen molar-refractivity contribution in [1.82, 2.24) is 24.6 Å². The topological polar surface area (TPSA) is 65.3 Å². The van der Waals surface area contributed by atoms with Crippen LogP contribution in [0.2, 0.25) is 0 Å². The van der Waals surface area contributed by atoms with Crippen molar-refractivity contribution in [2.24, 2.45) is 12.0 Å². The molecule has 1 aliphatic heterocycles.